The van der Waals surface area contributed by atoms with E-state index in [1.165, 1.54) is 37.7 Å². The molecule has 1 aromatic rings. The van der Waals surface area contributed by atoms with Crippen LogP contribution in [0.2, 0.25) is 0 Å². The first-order valence-electron chi connectivity index (χ1n) is 7.30. The molecule has 1 fully saturated rings. The fourth-order valence-electron chi connectivity index (χ4n) is 3.07. The first-order valence-corrected chi connectivity index (χ1v) is 7.30. The fraction of sp³-hybridized carbons (Fsp3) is 0.625. The molecule has 2 rings (SSSR count). The van der Waals surface area contributed by atoms with Gasteiger partial charge in [-0.15, -0.1) is 0 Å². The molecule has 1 aromatic carbocycles. The Bertz CT molecular complexity index is 339. The van der Waals surface area contributed by atoms with Crippen LogP contribution < -0.4 is 11.1 Å². The second kappa shape index (κ2) is 6.35. The minimum Gasteiger partial charge on any atom is -0.329 e. The van der Waals surface area contributed by atoms with Crippen molar-refractivity contribution in [2.75, 3.05) is 13.1 Å². The molecule has 18 heavy (non-hydrogen) atoms. The molecule has 1 aliphatic rings. The molecule has 100 valence electrons. The molecular weight excluding hydrogens is 220 g/mol. The molecule has 1 saturated carbocycles. The van der Waals surface area contributed by atoms with Crippen molar-refractivity contribution in [3.63, 3.8) is 0 Å². The van der Waals surface area contributed by atoms with E-state index in [2.05, 4.69) is 42.6 Å². The second-order valence-electron chi connectivity index (χ2n) is 5.60. The van der Waals surface area contributed by atoms with E-state index in [9.17, 15) is 0 Å². The third-order valence-corrected chi connectivity index (χ3v) is 4.35. The Morgan fingerprint density at radius 2 is 1.89 bits per heavy atom. The van der Waals surface area contributed by atoms with Crippen LogP contribution in [0.4, 0.5) is 0 Å². The SMILES string of the molecule is CCCNC1(CN)CCC(c2ccccc2)CC1. The maximum Gasteiger partial charge on any atom is 0.0304 e. The summed E-state index contributed by atoms with van der Waals surface area (Å²) in [6.07, 6.45) is 6.13. The van der Waals surface area contributed by atoms with E-state index >= 15 is 0 Å². The van der Waals surface area contributed by atoms with Crippen LogP contribution in [0.3, 0.4) is 0 Å². The average molecular weight is 246 g/mol. The molecule has 0 bridgehead atoms. The lowest BCUT2D eigenvalue weighted by atomic mass is 9.74. The predicted molar refractivity (Wildman–Crippen MR) is 77.7 cm³/mol. The van der Waals surface area contributed by atoms with Crippen molar-refractivity contribution in [2.24, 2.45) is 5.73 Å². The van der Waals surface area contributed by atoms with Gasteiger partial charge >= 0.3 is 0 Å². The Labute approximate surface area is 111 Å². The zero-order chi connectivity index (χ0) is 12.8. The number of benzene rings is 1. The third kappa shape index (κ3) is 3.12. The van der Waals surface area contributed by atoms with Crippen molar-refractivity contribution in [3.05, 3.63) is 35.9 Å². The summed E-state index contributed by atoms with van der Waals surface area (Å²) in [5, 5.41) is 3.68. The molecule has 0 amide bonds. The van der Waals surface area contributed by atoms with Gasteiger partial charge in [-0.25, -0.2) is 0 Å². The van der Waals surface area contributed by atoms with Gasteiger partial charge in [0.1, 0.15) is 0 Å². The van der Waals surface area contributed by atoms with Gasteiger partial charge in [0.2, 0.25) is 0 Å². The van der Waals surface area contributed by atoms with Gasteiger partial charge < -0.3 is 11.1 Å². The minimum atomic E-state index is 0.210. The maximum atomic E-state index is 6.00. The molecule has 0 heterocycles. The molecule has 0 aromatic heterocycles. The van der Waals surface area contributed by atoms with Crippen molar-refractivity contribution in [2.45, 2.75) is 50.5 Å². The van der Waals surface area contributed by atoms with Gasteiger partial charge in [0.15, 0.2) is 0 Å². The summed E-state index contributed by atoms with van der Waals surface area (Å²) in [5.41, 5.74) is 7.71. The highest BCUT2D eigenvalue weighted by Crippen LogP contribution is 2.37. The van der Waals surface area contributed by atoms with Crippen molar-refractivity contribution >= 4 is 0 Å². The molecule has 3 N–H and O–H groups in total. The molecule has 2 heteroatoms. The van der Waals surface area contributed by atoms with Crippen LogP contribution >= 0.6 is 0 Å². The zero-order valence-corrected chi connectivity index (χ0v) is 11.5. The first kappa shape index (κ1) is 13.6. The Hall–Kier alpha value is -0.860. The van der Waals surface area contributed by atoms with E-state index in [0.29, 0.717) is 0 Å². The molecule has 2 nitrogen and oxygen atoms in total. The van der Waals surface area contributed by atoms with Crippen LogP contribution in [0, 0.1) is 0 Å². The zero-order valence-electron chi connectivity index (χ0n) is 11.5. The molecule has 0 spiro atoms. The van der Waals surface area contributed by atoms with Crippen molar-refractivity contribution in [3.8, 4) is 0 Å². The second-order valence-corrected chi connectivity index (χ2v) is 5.60. The van der Waals surface area contributed by atoms with Crippen LogP contribution in [-0.2, 0) is 0 Å². The van der Waals surface area contributed by atoms with Crippen molar-refractivity contribution < 1.29 is 0 Å². The topological polar surface area (TPSA) is 38.0 Å². The highest BCUT2D eigenvalue weighted by atomic mass is 15.0. The normalized spacial score (nSPS) is 28.2. The van der Waals surface area contributed by atoms with Crippen LogP contribution in [0.5, 0.6) is 0 Å². The minimum absolute atomic E-state index is 0.210. The third-order valence-electron chi connectivity index (χ3n) is 4.35. The van der Waals surface area contributed by atoms with Gasteiger partial charge in [0, 0.05) is 12.1 Å². The van der Waals surface area contributed by atoms with E-state index in [-0.39, 0.29) is 5.54 Å². The smallest absolute Gasteiger partial charge is 0.0304 e. The monoisotopic (exact) mass is 246 g/mol. The molecule has 0 unspecified atom stereocenters. The number of hydrogen-bond acceptors (Lipinski definition) is 2. The molecular formula is C16H26N2. The van der Waals surface area contributed by atoms with Crippen molar-refractivity contribution in [1.29, 1.82) is 0 Å². The highest BCUT2D eigenvalue weighted by Gasteiger charge is 2.33. The highest BCUT2D eigenvalue weighted by molar-refractivity contribution is 5.20. The van der Waals surface area contributed by atoms with E-state index < -0.39 is 0 Å². The average Bonchev–Trinajstić information content (AvgIpc) is 2.47. The lowest BCUT2D eigenvalue weighted by molar-refractivity contribution is 0.223. The molecule has 0 saturated heterocycles. The number of rotatable bonds is 5. The Balaban J connectivity index is 1.94. The molecule has 0 radical (unpaired) electrons. The van der Waals surface area contributed by atoms with E-state index in [1.54, 1.807) is 0 Å². The predicted octanol–water partition coefficient (Wildman–Crippen LogP) is 3.04. The van der Waals surface area contributed by atoms with Gasteiger partial charge in [-0.2, -0.15) is 0 Å². The lowest BCUT2D eigenvalue weighted by Gasteiger charge is -2.40. The van der Waals surface area contributed by atoms with Crippen LogP contribution in [-0.4, -0.2) is 18.6 Å². The number of hydrogen-bond donors (Lipinski definition) is 2. The molecule has 0 atom stereocenters. The van der Waals surface area contributed by atoms with E-state index in [4.69, 9.17) is 5.73 Å². The Morgan fingerprint density at radius 3 is 2.44 bits per heavy atom. The summed E-state index contributed by atoms with van der Waals surface area (Å²) in [4.78, 5) is 0. The van der Waals surface area contributed by atoms with E-state index in [0.717, 1.165) is 19.0 Å². The fourth-order valence-corrected chi connectivity index (χ4v) is 3.07. The summed E-state index contributed by atoms with van der Waals surface area (Å²) < 4.78 is 0. The standard InChI is InChI=1S/C16H26N2/c1-2-12-18-16(13-17)10-8-15(9-11-16)14-6-4-3-5-7-14/h3-7,15,18H,2,8-13,17H2,1H3. The lowest BCUT2D eigenvalue weighted by Crippen LogP contribution is -2.53. The Morgan fingerprint density at radius 1 is 1.22 bits per heavy atom. The van der Waals surface area contributed by atoms with Crippen LogP contribution in [0.25, 0.3) is 0 Å². The molecule has 1 aliphatic carbocycles. The van der Waals surface area contributed by atoms with Gasteiger partial charge in [0.05, 0.1) is 0 Å². The number of nitrogens with two attached hydrogens (primary N) is 1. The summed E-state index contributed by atoms with van der Waals surface area (Å²) >= 11 is 0. The summed E-state index contributed by atoms with van der Waals surface area (Å²) in [6.45, 7) is 4.08. The van der Waals surface area contributed by atoms with Crippen LogP contribution in [0.15, 0.2) is 30.3 Å². The summed E-state index contributed by atoms with van der Waals surface area (Å²) in [7, 11) is 0. The Kier molecular flexibility index (Phi) is 4.79. The summed E-state index contributed by atoms with van der Waals surface area (Å²) in [6, 6.07) is 10.9. The number of nitrogens with one attached hydrogen (secondary N) is 1. The van der Waals surface area contributed by atoms with Gasteiger partial charge in [0.25, 0.3) is 0 Å². The summed E-state index contributed by atoms with van der Waals surface area (Å²) in [5.74, 6) is 0.731. The van der Waals surface area contributed by atoms with Crippen LogP contribution in [0.1, 0.15) is 50.5 Å². The largest absolute Gasteiger partial charge is 0.329 e. The quantitative estimate of drug-likeness (QED) is 0.838. The van der Waals surface area contributed by atoms with Gasteiger partial charge in [-0.3, -0.25) is 0 Å². The molecule has 0 aliphatic heterocycles. The van der Waals surface area contributed by atoms with E-state index in [1.807, 2.05) is 0 Å². The maximum absolute atomic E-state index is 6.00. The van der Waals surface area contributed by atoms with Gasteiger partial charge in [-0.1, -0.05) is 37.3 Å². The first-order chi connectivity index (χ1) is 8.79. The van der Waals surface area contributed by atoms with Gasteiger partial charge in [-0.05, 0) is 50.1 Å². The van der Waals surface area contributed by atoms with Crippen molar-refractivity contribution in [1.82, 2.24) is 5.32 Å².